The number of hydrogen-bond donors (Lipinski definition) is 1. The van der Waals surface area contributed by atoms with Crippen molar-refractivity contribution in [1.82, 2.24) is 4.90 Å². The number of anilines is 1. The molecule has 3 amide bonds. The molecule has 6 nitrogen and oxygen atoms in total. The minimum Gasteiger partial charge on any atom is -0.483 e. The van der Waals surface area contributed by atoms with Gasteiger partial charge in [0.15, 0.2) is 6.61 Å². The number of benzene rings is 2. The molecule has 9 heteroatoms. The van der Waals surface area contributed by atoms with Gasteiger partial charge in [-0.05, 0) is 89.1 Å². The summed E-state index contributed by atoms with van der Waals surface area (Å²) in [4.78, 5) is 38.3. The highest BCUT2D eigenvalue weighted by atomic mass is 79.9. The van der Waals surface area contributed by atoms with Crippen LogP contribution in [0.5, 0.6) is 5.75 Å². The van der Waals surface area contributed by atoms with E-state index in [1.165, 1.54) is 29.2 Å². The molecule has 0 radical (unpaired) electrons. The van der Waals surface area contributed by atoms with Crippen molar-refractivity contribution in [3.05, 3.63) is 63.2 Å². The lowest BCUT2D eigenvalue weighted by Gasteiger charge is -2.19. The van der Waals surface area contributed by atoms with Crippen molar-refractivity contribution in [3.8, 4) is 5.75 Å². The zero-order valence-electron chi connectivity index (χ0n) is 16.9. The van der Waals surface area contributed by atoms with Crippen LogP contribution in [0, 0.1) is 5.82 Å². The van der Waals surface area contributed by atoms with Crippen LogP contribution in [-0.2, 0) is 9.59 Å². The molecule has 1 aliphatic heterocycles. The number of carbonyl (C=O) groups is 3. The summed E-state index contributed by atoms with van der Waals surface area (Å²) < 4.78 is 19.1. The molecule has 2 aromatic carbocycles. The second-order valence-electron chi connectivity index (χ2n) is 6.84. The normalized spacial score (nSPS) is 16.0. The van der Waals surface area contributed by atoms with Crippen LogP contribution in [0.25, 0.3) is 6.08 Å². The Hall–Kier alpha value is -2.65. The highest BCUT2D eigenvalue weighted by Gasteiger charge is 2.37. The van der Waals surface area contributed by atoms with E-state index in [0.29, 0.717) is 32.8 Å². The summed E-state index contributed by atoms with van der Waals surface area (Å²) in [6.07, 6.45) is 2.35. The van der Waals surface area contributed by atoms with Gasteiger partial charge in [0.1, 0.15) is 11.6 Å². The number of rotatable bonds is 7. The highest BCUT2D eigenvalue weighted by molar-refractivity contribution is 9.10. The van der Waals surface area contributed by atoms with Gasteiger partial charge < -0.3 is 10.1 Å². The number of carbonyl (C=O) groups excluding carboxylic acids is 3. The van der Waals surface area contributed by atoms with Crippen LogP contribution < -0.4 is 10.1 Å². The van der Waals surface area contributed by atoms with E-state index in [1.54, 1.807) is 24.3 Å². The molecule has 1 N–H and O–H groups in total. The van der Waals surface area contributed by atoms with E-state index >= 15 is 0 Å². The first-order valence-corrected chi connectivity index (χ1v) is 11.1. The van der Waals surface area contributed by atoms with Gasteiger partial charge >= 0.3 is 0 Å². The molecule has 0 bridgehead atoms. The van der Waals surface area contributed by atoms with E-state index in [-0.39, 0.29) is 35.5 Å². The number of thioether (sulfide) groups is 1. The number of hydrogen-bond acceptors (Lipinski definition) is 5. The Morgan fingerprint density at radius 3 is 2.61 bits per heavy atom. The number of imide groups is 1. The second kappa shape index (κ2) is 10.1. The van der Waals surface area contributed by atoms with Gasteiger partial charge in [0.2, 0.25) is 0 Å². The van der Waals surface area contributed by atoms with Gasteiger partial charge in [0.05, 0.1) is 9.38 Å². The van der Waals surface area contributed by atoms with Gasteiger partial charge in [0, 0.05) is 11.7 Å². The molecular formula is C22H20BrFN2O4S. The highest BCUT2D eigenvalue weighted by Crippen LogP contribution is 2.35. The SMILES string of the molecule is CC[C@@H](C)N1C(=O)S/C(=C/c2ccc(OCC(=O)Nc3ccc(F)cc3)c(Br)c2)C1=O. The van der Waals surface area contributed by atoms with Crippen LogP contribution >= 0.6 is 27.7 Å². The van der Waals surface area contributed by atoms with Crippen molar-refractivity contribution < 1.29 is 23.5 Å². The summed E-state index contributed by atoms with van der Waals surface area (Å²) in [6.45, 7) is 3.53. The number of nitrogens with zero attached hydrogens (tertiary/aromatic N) is 1. The standard InChI is InChI=1S/C22H20BrFN2O4S/c1-3-13(2)26-21(28)19(31-22(26)29)11-14-4-9-18(17(23)10-14)30-12-20(27)25-16-7-5-15(24)6-8-16/h4-11,13H,3,12H2,1-2H3,(H,25,27)/b19-11+/t13-/m1/s1. The molecule has 1 heterocycles. The number of ether oxygens (including phenoxy) is 1. The van der Waals surface area contributed by atoms with Gasteiger partial charge in [-0.1, -0.05) is 13.0 Å². The van der Waals surface area contributed by atoms with Crippen molar-refractivity contribution >= 4 is 56.5 Å². The molecule has 0 aromatic heterocycles. The van der Waals surface area contributed by atoms with E-state index in [2.05, 4.69) is 21.2 Å². The van der Waals surface area contributed by atoms with Crippen LogP contribution in [0.1, 0.15) is 25.8 Å². The predicted molar refractivity (Wildman–Crippen MR) is 122 cm³/mol. The topological polar surface area (TPSA) is 75.7 Å². The van der Waals surface area contributed by atoms with Gasteiger partial charge in [-0.3, -0.25) is 19.3 Å². The van der Waals surface area contributed by atoms with Crippen LogP contribution in [0.2, 0.25) is 0 Å². The molecule has 0 unspecified atom stereocenters. The summed E-state index contributed by atoms with van der Waals surface area (Å²) in [5.41, 5.74) is 1.18. The van der Waals surface area contributed by atoms with Crippen molar-refractivity contribution in [2.75, 3.05) is 11.9 Å². The Labute approximate surface area is 192 Å². The summed E-state index contributed by atoms with van der Waals surface area (Å²) in [6, 6.07) is 10.4. The number of halogens is 2. The molecule has 1 atom stereocenters. The van der Waals surface area contributed by atoms with Gasteiger partial charge in [-0.15, -0.1) is 0 Å². The van der Waals surface area contributed by atoms with E-state index in [4.69, 9.17) is 4.74 Å². The lowest BCUT2D eigenvalue weighted by molar-refractivity contribution is -0.124. The second-order valence-corrected chi connectivity index (χ2v) is 8.69. The smallest absolute Gasteiger partial charge is 0.293 e. The first-order chi connectivity index (χ1) is 14.8. The molecule has 0 spiro atoms. The average Bonchev–Trinajstić information content (AvgIpc) is 3.01. The zero-order chi connectivity index (χ0) is 22.5. The Morgan fingerprint density at radius 1 is 1.26 bits per heavy atom. The molecule has 0 aliphatic carbocycles. The monoisotopic (exact) mass is 506 g/mol. The van der Waals surface area contributed by atoms with Gasteiger partial charge in [0.25, 0.3) is 17.1 Å². The van der Waals surface area contributed by atoms with Crippen molar-refractivity contribution in [1.29, 1.82) is 0 Å². The van der Waals surface area contributed by atoms with Gasteiger partial charge in [-0.25, -0.2) is 4.39 Å². The molecule has 0 saturated carbocycles. The van der Waals surface area contributed by atoms with E-state index in [1.807, 2.05) is 13.8 Å². The lowest BCUT2D eigenvalue weighted by atomic mass is 10.2. The third kappa shape index (κ3) is 5.74. The van der Waals surface area contributed by atoms with Gasteiger partial charge in [-0.2, -0.15) is 0 Å². The maximum Gasteiger partial charge on any atom is 0.293 e. The summed E-state index contributed by atoms with van der Waals surface area (Å²) in [7, 11) is 0. The maximum atomic E-state index is 12.9. The predicted octanol–water partition coefficient (Wildman–Crippen LogP) is 5.44. The van der Waals surface area contributed by atoms with Crippen LogP contribution in [0.4, 0.5) is 14.9 Å². The Bertz CT molecular complexity index is 1040. The third-order valence-electron chi connectivity index (χ3n) is 4.60. The summed E-state index contributed by atoms with van der Waals surface area (Å²) in [5.74, 6) is -0.624. The van der Waals surface area contributed by atoms with Crippen LogP contribution in [0.15, 0.2) is 51.8 Å². The van der Waals surface area contributed by atoms with Crippen molar-refractivity contribution in [2.45, 2.75) is 26.3 Å². The van der Waals surface area contributed by atoms with Crippen LogP contribution in [0.3, 0.4) is 0 Å². The first-order valence-electron chi connectivity index (χ1n) is 9.53. The minimum atomic E-state index is -0.388. The fraction of sp³-hybridized carbons (Fsp3) is 0.227. The van der Waals surface area contributed by atoms with E-state index in [0.717, 1.165) is 11.8 Å². The summed E-state index contributed by atoms with van der Waals surface area (Å²) >= 11 is 4.32. The maximum absolute atomic E-state index is 12.9. The zero-order valence-corrected chi connectivity index (χ0v) is 19.3. The molecule has 2 aromatic rings. The summed E-state index contributed by atoms with van der Waals surface area (Å²) in [5, 5.41) is 2.35. The first kappa shape index (κ1) is 23.0. The van der Waals surface area contributed by atoms with Crippen molar-refractivity contribution in [2.24, 2.45) is 0 Å². The van der Waals surface area contributed by atoms with E-state index in [9.17, 15) is 18.8 Å². The van der Waals surface area contributed by atoms with Crippen LogP contribution in [-0.4, -0.2) is 34.6 Å². The number of amides is 3. The molecule has 162 valence electrons. The molecule has 1 fully saturated rings. The third-order valence-corrected chi connectivity index (χ3v) is 6.10. The molecule has 31 heavy (non-hydrogen) atoms. The Balaban J connectivity index is 1.63. The number of nitrogens with one attached hydrogen (secondary N) is 1. The Kier molecular flexibility index (Phi) is 7.50. The lowest BCUT2D eigenvalue weighted by Crippen LogP contribution is -2.36. The molecule has 1 aliphatic rings. The van der Waals surface area contributed by atoms with E-state index < -0.39 is 0 Å². The molecule has 3 rings (SSSR count). The van der Waals surface area contributed by atoms with Crippen molar-refractivity contribution in [3.63, 3.8) is 0 Å². The largest absolute Gasteiger partial charge is 0.483 e. The minimum absolute atomic E-state index is 0.151. The fourth-order valence-electron chi connectivity index (χ4n) is 2.79. The Morgan fingerprint density at radius 2 is 1.97 bits per heavy atom. The molecule has 1 saturated heterocycles. The quantitative estimate of drug-likeness (QED) is 0.506. The molecular weight excluding hydrogens is 487 g/mol. The fourth-order valence-corrected chi connectivity index (χ4v) is 4.23. The average molecular weight is 507 g/mol.